The van der Waals surface area contributed by atoms with Crippen LogP contribution in [0.2, 0.25) is 0 Å². The van der Waals surface area contributed by atoms with Crippen LogP contribution >= 0.6 is 0 Å². The van der Waals surface area contributed by atoms with Crippen molar-refractivity contribution < 1.29 is 8.83 Å². The van der Waals surface area contributed by atoms with Crippen molar-refractivity contribution >= 4 is 54.6 Å². The minimum atomic E-state index is 0.581. The zero-order valence-electron chi connectivity index (χ0n) is 19.4. The quantitative estimate of drug-likeness (QED) is 0.240. The molecule has 8 rings (SSSR count). The van der Waals surface area contributed by atoms with Gasteiger partial charge in [-0.3, -0.25) is 0 Å². The second-order valence-electron chi connectivity index (χ2n) is 9.28. The average Bonchev–Trinajstić information content (AvgIpc) is 3.47. The topological polar surface area (TPSA) is 26.3 Å². The Bertz CT molecular complexity index is 2030. The highest BCUT2D eigenvalue weighted by Crippen LogP contribution is 2.45. The van der Waals surface area contributed by atoms with E-state index >= 15 is 0 Å². The number of rotatable bonds is 2. The van der Waals surface area contributed by atoms with Gasteiger partial charge in [0.25, 0.3) is 5.78 Å². The van der Waals surface area contributed by atoms with E-state index in [2.05, 4.69) is 103 Å². The molecule has 0 spiro atoms. The van der Waals surface area contributed by atoms with Gasteiger partial charge in [0.15, 0.2) is 0 Å². The average molecular weight is 461 g/mol. The van der Waals surface area contributed by atoms with E-state index in [-0.39, 0.29) is 0 Å². The van der Waals surface area contributed by atoms with Crippen LogP contribution in [0.25, 0.3) is 76.9 Å². The number of hydrogen-bond donors (Lipinski definition) is 0. The summed E-state index contributed by atoms with van der Waals surface area (Å²) in [4.78, 5) is 0. The minimum absolute atomic E-state index is 0.581. The minimum Gasteiger partial charge on any atom is -0.425 e. The van der Waals surface area contributed by atoms with Crippen LogP contribution < -0.4 is 0 Å². The van der Waals surface area contributed by atoms with Gasteiger partial charge in [-0.2, -0.15) is 0 Å². The van der Waals surface area contributed by atoms with Gasteiger partial charge in [0.1, 0.15) is 11.2 Å². The molecular weight excluding hydrogens is 440 g/mol. The molecule has 0 aliphatic carbocycles. The second-order valence-corrected chi connectivity index (χ2v) is 9.28. The molecule has 0 radical (unpaired) electrons. The highest BCUT2D eigenvalue weighted by Gasteiger charge is 2.19. The number of benzene rings is 6. The lowest BCUT2D eigenvalue weighted by Crippen LogP contribution is -1.90. The van der Waals surface area contributed by atoms with E-state index in [0.29, 0.717) is 5.78 Å². The Hall–Kier alpha value is -4.82. The van der Waals surface area contributed by atoms with Gasteiger partial charge in [-0.1, -0.05) is 103 Å². The Labute approximate surface area is 207 Å². The van der Waals surface area contributed by atoms with Crippen LogP contribution in [-0.2, 0) is 0 Å². The van der Waals surface area contributed by atoms with E-state index in [1.165, 1.54) is 38.2 Å². The highest BCUT2D eigenvalue weighted by molar-refractivity contribution is 6.22. The van der Waals surface area contributed by atoms with E-state index in [0.717, 1.165) is 32.9 Å². The molecule has 0 fully saturated rings. The van der Waals surface area contributed by atoms with Crippen molar-refractivity contribution in [3.8, 4) is 22.3 Å². The zero-order valence-corrected chi connectivity index (χ0v) is 19.4. The summed E-state index contributed by atoms with van der Waals surface area (Å²) in [6.45, 7) is 0. The molecule has 6 aromatic carbocycles. The van der Waals surface area contributed by atoms with E-state index in [9.17, 15) is 0 Å². The van der Waals surface area contributed by atoms with Crippen LogP contribution in [0.5, 0.6) is 0 Å². The number of furan rings is 2. The largest absolute Gasteiger partial charge is 0.425 e. The van der Waals surface area contributed by atoms with Gasteiger partial charge in [0.05, 0.1) is 5.39 Å². The van der Waals surface area contributed by atoms with Crippen molar-refractivity contribution in [2.75, 3.05) is 0 Å². The fourth-order valence-electron chi connectivity index (χ4n) is 5.77. The summed E-state index contributed by atoms with van der Waals surface area (Å²) in [6.07, 6.45) is 0. The van der Waals surface area contributed by atoms with Gasteiger partial charge in [0, 0.05) is 10.8 Å². The van der Waals surface area contributed by atoms with Gasteiger partial charge in [-0.25, -0.2) is 0 Å². The van der Waals surface area contributed by atoms with Gasteiger partial charge >= 0.3 is 0 Å². The molecular formula is C34H20O2. The van der Waals surface area contributed by atoms with Crippen LogP contribution in [-0.4, -0.2) is 0 Å². The maximum absolute atomic E-state index is 6.25. The summed E-state index contributed by atoms with van der Waals surface area (Å²) >= 11 is 0. The Morgan fingerprint density at radius 2 is 0.861 bits per heavy atom. The third-order valence-corrected chi connectivity index (χ3v) is 7.30. The third kappa shape index (κ3) is 2.67. The lowest BCUT2D eigenvalue weighted by atomic mass is 9.86. The summed E-state index contributed by atoms with van der Waals surface area (Å²) < 4.78 is 12.3. The first-order valence-corrected chi connectivity index (χ1v) is 12.2. The van der Waals surface area contributed by atoms with Crippen molar-refractivity contribution in [1.82, 2.24) is 0 Å². The first kappa shape index (κ1) is 19.5. The molecule has 0 aliphatic heterocycles. The molecule has 2 aromatic heterocycles. The number of para-hydroxylation sites is 1. The van der Waals surface area contributed by atoms with E-state index in [1.807, 2.05) is 18.2 Å². The van der Waals surface area contributed by atoms with Crippen molar-refractivity contribution in [3.63, 3.8) is 0 Å². The molecule has 0 saturated carbocycles. The molecule has 0 aliphatic rings. The Balaban J connectivity index is 1.47. The van der Waals surface area contributed by atoms with Crippen LogP contribution in [0.1, 0.15) is 0 Å². The van der Waals surface area contributed by atoms with Crippen LogP contribution in [0.4, 0.5) is 0 Å². The second kappa shape index (κ2) is 7.34. The Morgan fingerprint density at radius 3 is 1.53 bits per heavy atom. The maximum Gasteiger partial charge on any atom is 0.299 e. The molecule has 0 N–H and O–H groups in total. The van der Waals surface area contributed by atoms with Crippen molar-refractivity contribution in [2.45, 2.75) is 0 Å². The smallest absolute Gasteiger partial charge is 0.299 e. The van der Waals surface area contributed by atoms with E-state index in [4.69, 9.17) is 8.83 Å². The Morgan fingerprint density at radius 1 is 0.361 bits per heavy atom. The van der Waals surface area contributed by atoms with E-state index in [1.54, 1.807) is 0 Å². The lowest BCUT2D eigenvalue weighted by Gasteiger charge is -2.17. The zero-order chi connectivity index (χ0) is 23.6. The van der Waals surface area contributed by atoms with E-state index < -0.39 is 0 Å². The van der Waals surface area contributed by atoms with Crippen molar-refractivity contribution in [2.24, 2.45) is 0 Å². The van der Waals surface area contributed by atoms with Gasteiger partial charge in [-0.05, 0) is 62.0 Å². The monoisotopic (exact) mass is 460 g/mol. The molecule has 8 aromatic rings. The van der Waals surface area contributed by atoms with Crippen molar-refractivity contribution in [3.05, 3.63) is 121 Å². The van der Waals surface area contributed by atoms with Crippen LogP contribution in [0, 0.1) is 0 Å². The maximum atomic E-state index is 6.25. The summed E-state index contributed by atoms with van der Waals surface area (Å²) in [7, 11) is 0. The molecule has 2 nitrogen and oxygen atoms in total. The molecule has 0 unspecified atom stereocenters. The summed E-state index contributed by atoms with van der Waals surface area (Å²) in [5.41, 5.74) is 6.55. The summed E-state index contributed by atoms with van der Waals surface area (Å²) in [5.74, 6) is 0.581. The molecule has 36 heavy (non-hydrogen) atoms. The molecule has 0 atom stereocenters. The van der Waals surface area contributed by atoms with Gasteiger partial charge < -0.3 is 8.83 Å². The fraction of sp³-hybridized carbons (Fsp3) is 0. The van der Waals surface area contributed by atoms with Crippen LogP contribution in [0.3, 0.4) is 0 Å². The van der Waals surface area contributed by atoms with Gasteiger partial charge in [-0.15, -0.1) is 0 Å². The predicted octanol–water partition coefficient (Wildman–Crippen LogP) is 9.97. The first-order chi connectivity index (χ1) is 17.9. The first-order valence-electron chi connectivity index (χ1n) is 12.2. The van der Waals surface area contributed by atoms with Crippen LogP contribution in [0.15, 0.2) is 130 Å². The normalized spacial score (nSPS) is 11.9. The third-order valence-electron chi connectivity index (χ3n) is 7.30. The molecule has 2 heterocycles. The SMILES string of the molecule is c1ccc(-c2c3ccccc3c(-c3ccc4c(c3)oc3oc5ccccc5c34)c3ccccc23)cc1. The highest BCUT2D eigenvalue weighted by atomic mass is 16.5. The summed E-state index contributed by atoms with van der Waals surface area (Å²) in [5, 5.41) is 8.16. The molecule has 168 valence electrons. The fourth-order valence-corrected chi connectivity index (χ4v) is 5.77. The predicted molar refractivity (Wildman–Crippen MR) is 149 cm³/mol. The van der Waals surface area contributed by atoms with Gasteiger partial charge in [0.2, 0.25) is 0 Å². The lowest BCUT2D eigenvalue weighted by molar-refractivity contribution is 0.524. The summed E-state index contributed by atoms with van der Waals surface area (Å²) in [6, 6.07) is 42.8. The van der Waals surface area contributed by atoms with Crippen molar-refractivity contribution in [1.29, 1.82) is 0 Å². The number of hydrogen-bond acceptors (Lipinski definition) is 2. The molecule has 0 bridgehead atoms. The molecule has 0 saturated heterocycles. The molecule has 2 heteroatoms. The molecule has 0 amide bonds. The Kier molecular flexibility index (Phi) is 3.97. The number of fused-ring (bicyclic) bond motifs is 7. The standard InChI is InChI=1S/C34H20O2/c1-2-10-21(11-3-1)31-23-12-4-6-14-25(23)32(26-15-7-5-13-24(26)31)22-18-19-28-30(20-22)36-34-33(28)27-16-8-9-17-29(27)35-34/h1-20H.